The lowest BCUT2D eigenvalue weighted by Crippen LogP contribution is -2.38. The van der Waals surface area contributed by atoms with Crippen LogP contribution in [0.3, 0.4) is 0 Å². The zero-order chi connectivity index (χ0) is 18.2. The highest BCUT2D eigenvalue weighted by Crippen LogP contribution is 2.11. The topological polar surface area (TPSA) is 67.1 Å². The van der Waals surface area contributed by atoms with E-state index < -0.39 is 0 Å². The summed E-state index contributed by atoms with van der Waals surface area (Å²) >= 11 is 0. The average molecular weight is 348 g/mol. The molecule has 0 saturated heterocycles. The smallest absolute Gasteiger partial charge is 0.192 e. The van der Waals surface area contributed by atoms with Crippen molar-refractivity contribution in [3.05, 3.63) is 78.5 Å². The Balaban J connectivity index is 1.70. The molecule has 0 saturated carbocycles. The second-order valence-electron chi connectivity index (χ2n) is 5.96. The molecule has 0 amide bonds. The third kappa shape index (κ3) is 4.69. The number of hydrogen-bond donors (Lipinski definition) is 2. The minimum Gasteiger partial charge on any atom is -0.357 e. The van der Waals surface area contributed by atoms with Gasteiger partial charge in [0.2, 0.25) is 0 Å². The van der Waals surface area contributed by atoms with E-state index in [1.165, 1.54) is 5.56 Å². The minimum absolute atomic E-state index is 0.174. The van der Waals surface area contributed by atoms with E-state index in [1.54, 1.807) is 18.7 Å². The molecule has 0 radical (unpaired) electrons. The summed E-state index contributed by atoms with van der Waals surface area (Å²) in [7, 11) is 0. The van der Waals surface area contributed by atoms with E-state index in [-0.39, 0.29) is 6.04 Å². The predicted octanol–water partition coefficient (Wildman–Crippen LogP) is 3.08. The molecule has 6 nitrogen and oxygen atoms in total. The van der Waals surface area contributed by atoms with Gasteiger partial charge in [-0.1, -0.05) is 30.3 Å². The number of nitrogens with one attached hydrogen (secondary N) is 2. The van der Waals surface area contributed by atoms with Crippen molar-refractivity contribution in [3.8, 4) is 5.82 Å². The Morgan fingerprint density at radius 1 is 1.19 bits per heavy atom. The monoisotopic (exact) mass is 348 g/mol. The summed E-state index contributed by atoms with van der Waals surface area (Å²) in [6, 6.07) is 14.5. The molecule has 1 atom stereocenters. The Hall–Kier alpha value is -3.15. The first kappa shape index (κ1) is 17.7. The van der Waals surface area contributed by atoms with Crippen LogP contribution in [0.25, 0.3) is 5.82 Å². The summed E-state index contributed by atoms with van der Waals surface area (Å²) in [5.74, 6) is 1.63. The molecule has 0 aliphatic carbocycles. The third-order valence-electron chi connectivity index (χ3n) is 4.00. The molecule has 134 valence electrons. The van der Waals surface area contributed by atoms with Crippen LogP contribution >= 0.6 is 0 Å². The molecular formula is C20H24N6. The van der Waals surface area contributed by atoms with Crippen LogP contribution in [-0.2, 0) is 6.54 Å². The first-order chi connectivity index (χ1) is 12.8. The lowest BCUT2D eigenvalue weighted by Gasteiger charge is -2.18. The lowest BCUT2D eigenvalue weighted by atomic mass is 10.1. The zero-order valence-electron chi connectivity index (χ0n) is 15.1. The van der Waals surface area contributed by atoms with Gasteiger partial charge in [0.05, 0.1) is 12.6 Å². The number of aromatic nitrogens is 3. The van der Waals surface area contributed by atoms with Gasteiger partial charge in [-0.3, -0.25) is 4.57 Å². The molecule has 6 heteroatoms. The van der Waals surface area contributed by atoms with Crippen LogP contribution in [0.2, 0.25) is 0 Å². The van der Waals surface area contributed by atoms with E-state index in [0.717, 1.165) is 23.9 Å². The van der Waals surface area contributed by atoms with Crippen LogP contribution in [0.5, 0.6) is 0 Å². The summed E-state index contributed by atoms with van der Waals surface area (Å²) in [6.45, 7) is 5.57. The number of guanidine groups is 1. The minimum atomic E-state index is 0.174. The number of rotatable bonds is 6. The van der Waals surface area contributed by atoms with Gasteiger partial charge in [-0.15, -0.1) is 0 Å². The maximum atomic E-state index is 4.71. The fraction of sp³-hybridized carbons (Fsp3) is 0.250. The maximum absolute atomic E-state index is 4.71. The van der Waals surface area contributed by atoms with Crippen LogP contribution in [0.1, 0.15) is 31.0 Å². The summed E-state index contributed by atoms with van der Waals surface area (Å²) in [5, 5.41) is 6.76. The van der Waals surface area contributed by atoms with Crippen LogP contribution in [-0.4, -0.2) is 27.0 Å². The van der Waals surface area contributed by atoms with Crippen molar-refractivity contribution >= 4 is 5.96 Å². The fourth-order valence-corrected chi connectivity index (χ4v) is 2.62. The van der Waals surface area contributed by atoms with Crippen LogP contribution in [0.15, 0.2) is 72.4 Å². The SMILES string of the molecule is CCNC(=NCc1ccnc(-n2ccnc2)c1)NC(C)c1ccccc1. The summed E-state index contributed by atoms with van der Waals surface area (Å²) in [6.07, 6.45) is 7.16. The zero-order valence-corrected chi connectivity index (χ0v) is 15.1. The van der Waals surface area contributed by atoms with Crippen molar-refractivity contribution in [2.75, 3.05) is 6.54 Å². The van der Waals surface area contributed by atoms with Gasteiger partial charge < -0.3 is 10.6 Å². The number of pyridine rings is 1. The number of benzene rings is 1. The lowest BCUT2D eigenvalue weighted by molar-refractivity contribution is 0.686. The molecule has 1 aromatic carbocycles. The molecule has 2 N–H and O–H groups in total. The van der Waals surface area contributed by atoms with Gasteiger partial charge in [0, 0.05) is 25.1 Å². The molecule has 0 aliphatic heterocycles. The van der Waals surface area contributed by atoms with E-state index in [1.807, 2.05) is 41.1 Å². The second-order valence-corrected chi connectivity index (χ2v) is 5.96. The van der Waals surface area contributed by atoms with Crippen LogP contribution < -0.4 is 10.6 Å². The van der Waals surface area contributed by atoms with Crippen molar-refractivity contribution in [2.24, 2.45) is 4.99 Å². The first-order valence-corrected chi connectivity index (χ1v) is 8.79. The second kappa shape index (κ2) is 8.80. The maximum Gasteiger partial charge on any atom is 0.192 e. The largest absolute Gasteiger partial charge is 0.357 e. The first-order valence-electron chi connectivity index (χ1n) is 8.79. The highest BCUT2D eigenvalue weighted by atomic mass is 15.2. The van der Waals surface area contributed by atoms with Crippen molar-refractivity contribution in [1.82, 2.24) is 25.2 Å². The van der Waals surface area contributed by atoms with E-state index in [0.29, 0.717) is 6.54 Å². The number of hydrogen-bond acceptors (Lipinski definition) is 3. The van der Waals surface area contributed by atoms with Gasteiger partial charge in [0.1, 0.15) is 12.1 Å². The normalized spacial score (nSPS) is 12.6. The predicted molar refractivity (Wildman–Crippen MR) is 104 cm³/mol. The van der Waals surface area contributed by atoms with Gasteiger partial charge in [-0.25, -0.2) is 15.0 Å². The molecular weight excluding hydrogens is 324 g/mol. The molecule has 26 heavy (non-hydrogen) atoms. The molecule has 2 aromatic heterocycles. The summed E-state index contributed by atoms with van der Waals surface area (Å²) in [5.41, 5.74) is 2.32. The van der Waals surface area contributed by atoms with E-state index in [2.05, 4.69) is 46.6 Å². The third-order valence-corrected chi connectivity index (χ3v) is 4.00. The standard InChI is InChI=1S/C20H24N6/c1-3-22-20(25-16(2)18-7-5-4-6-8-18)24-14-17-9-10-23-19(13-17)26-12-11-21-15-26/h4-13,15-16H,3,14H2,1-2H3,(H2,22,24,25). The summed E-state index contributed by atoms with van der Waals surface area (Å²) in [4.78, 5) is 13.2. The fourth-order valence-electron chi connectivity index (χ4n) is 2.62. The molecule has 0 bridgehead atoms. The van der Waals surface area contributed by atoms with E-state index >= 15 is 0 Å². The molecule has 0 fully saturated rings. The molecule has 3 aromatic rings. The van der Waals surface area contributed by atoms with Gasteiger partial charge in [-0.2, -0.15) is 0 Å². The van der Waals surface area contributed by atoms with Crippen LogP contribution in [0.4, 0.5) is 0 Å². The molecule has 3 rings (SSSR count). The Morgan fingerprint density at radius 3 is 2.77 bits per heavy atom. The highest BCUT2D eigenvalue weighted by molar-refractivity contribution is 5.80. The number of nitrogens with zero attached hydrogens (tertiary/aromatic N) is 4. The average Bonchev–Trinajstić information content (AvgIpc) is 3.22. The molecule has 1 unspecified atom stereocenters. The van der Waals surface area contributed by atoms with Gasteiger partial charge >= 0.3 is 0 Å². The quantitative estimate of drug-likeness (QED) is 0.531. The number of imidazole rings is 1. The Morgan fingerprint density at radius 2 is 2.04 bits per heavy atom. The van der Waals surface area contributed by atoms with Crippen molar-refractivity contribution in [3.63, 3.8) is 0 Å². The van der Waals surface area contributed by atoms with Gasteiger partial charge in [-0.05, 0) is 37.1 Å². The Bertz CT molecular complexity index is 827. The van der Waals surface area contributed by atoms with Gasteiger partial charge in [0.25, 0.3) is 0 Å². The van der Waals surface area contributed by atoms with Crippen LogP contribution in [0, 0.1) is 0 Å². The highest BCUT2D eigenvalue weighted by Gasteiger charge is 2.07. The molecule has 2 heterocycles. The van der Waals surface area contributed by atoms with Crippen molar-refractivity contribution in [1.29, 1.82) is 0 Å². The van der Waals surface area contributed by atoms with Gasteiger partial charge in [0.15, 0.2) is 5.96 Å². The van der Waals surface area contributed by atoms with E-state index in [4.69, 9.17) is 4.99 Å². The van der Waals surface area contributed by atoms with Crippen molar-refractivity contribution in [2.45, 2.75) is 26.4 Å². The summed E-state index contributed by atoms with van der Waals surface area (Å²) < 4.78 is 1.88. The van der Waals surface area contributed by atoms with Crippen molar-refractivity contribution < 1.29 is 0 Å². The molecule has 0 aliphatic rings. The Kier molecular flexibility index (Phi) is 5.98. The Labute approximate surface area is 154 Å². The molecule has 0 spiro atoms. The van der Waals surface area contributed by atoms with E-state index in [9.17, 15) is 0 Å². The number of aliphatic imine (C=N–C) groups is 1.